The van der Waals surface area contributed by atoms with Crippen LogP contribution in [-0.2, 0) is 0 Å². The maximum absolute atomic E-state index is 11.8. The fourth-order valence-electron chi connectivity index (χ4n) is 2.49. The molecule has 0 spiro atoms. The van der Waals surface area contributed by atoms with Crippen molar-refractivity contribution in [1.29, 1.82) is 0 Å². The molecule has 6 nitrogen and oxygen atoms in total. The lowest BCUT2D eigenvalue weighted by atomic mass is 9.80. The van der Waals surface area contributed by atoms with Crippen LogP contribution in [0.1, 0.15) is 53.7 Å². The van der Waals surface area contributed by atoms with Crippen molar-refractivity contribution >= 4 is 11.9 Å². The van der Waals surface area contributed by atoms with E-state index in [0.717, 1.165) is 12.5 Å². The predicted octanol–water partition coefficient (Wildman–Crippen LogP) is 1.93. The Bertz CT molecular complexity index is 469. The Labute approximate surface area is 111 Å². The van der Waals surface area contributed by atoms with E-state index in [1.807, 2.05) is 0 Å². The topological polar surface area (TPSA) is 92.4 Å². The van der Waals surface area contributed by atoms with Crippen LogP contribution in [0.15, 0.2) is 10.6 Å². The number of amides is 1. The van der Waals surface area contributed by atoms with E-state index in [9.17, 15) is 9.59 Å². The standard InChI is InChI=1S/C13H18N2O4/c1-8-4-2-3-5-9(8)7-14-12(16)10-6-11(13(17)18)19-15-10/h6,8-9H,2-5,7H2,1H3,(H,14,16)(H,17,18). The second-order valence-electron chi connectivity index (χ2n) is 5.11. The van der Waals surface area contributed by atoms with E-state index < -0.39 is 5.97 Å². The summed E-state index contributed by atoms with van der Waals surface area (Å²) in [5.74, 6) is -0.831. The molecule has 1 fully saturated rings. The van der Waals surface area contributed by atoms with E-state index in [1.165, 1.54) is 19.3 Å². The molecule has 1 aliphatic carbocycles. The molecular formula is C13H18N2O4. The zero-order valence-corrected chi connectivity index (χ0v) is 10.9. The van der Waals surface area contributed by atoms with Crippen LogP contribution in [0.3, 0.4) is 0 Å². The molecule has 2 N–H and O–H groups in total. The van der Waals surface area contributed by atoms with Crippen LogP contribution in [0.5, 0.6) is 0 Å². The van der Waals surface area contributed by atoms with Gasteiger partial charge in [-0.3, -0.25) is 4.79 Å². The van der Waals surface area contributed by atoms with Gasteiger partial charge in [0.05, 0.1) is 0 Å². The first-order valence-electron chi connectivity index (χ1n) is 6.56. The molecule has 6 heteroatoms. The summed E-state index contributed by atoms with van der Waals surface area (Å²) in [6.07, 6.45) is 4.79. The maximum atomic E-state index is 11.8. The third kappa shape index (κ3) is 3.33. The molecule has 2 rings (SSSR count). The highest BCUT2D eigenvalue weighted by Gasteiger charge is 2.23. The van der Waals surface area contributed by atoms with Gasteiger partial charge in [0.1, 0.15) is 0 Å². The summed E-state index contributed by atoms with van der Waals surface area (Å²) < 4.78 is 4.55. The summed E-state index contributed by atoms with van der Waals surface area (Å²) in [7, 11) is 0. The quantitative estimate of drug-likeness (QED) is 0.868. The highest BCUT2D eigenvalue weighted by molar-refractivity contribution is 5.94. The Kier molecular flexibility index (Phi) is 4.19. The number of nitrogens with one attached hydrogen (secondary N) is 1. The molecule has 104 valence electrons. The van der Waals surface area contributed by atoms with Gasteiger partial charge in [0.15, 0.2) is 5.69 Å². The molecule has 19 heavy (non-hydrogen) atoms. The number of carboxylic acids is 1. The molecule has 1 saturated carbocycles. The highest BCUT2D eigenvalue weighted by atomic mass is 16.5. The first-order chi connectivity index (χ1) is 9.08. The first kappa shape index (κ1) is 13.6. The second kappa shape index (κ2) is 5.86. The Morgan fingerprint density at radius 2 is 2.21 bits per heavy atom. The smallest absolute Gasteiger partial charge is 0.374 e. The van der Waals surface area contributed by atoms with Crippen LogP contribution in [0.4, 0.5) is 0 Å². The predicted molar refractivity (Wildman–Crippen MR) is 66.9 cm³/mol. The molecule has 0 aromatic carbocycles. The van der Waals surface area contributed by atoms with E-state index in [2.05, 4.69) is 21.9 Å². The number of aromatic carboxylic acids is 1. The van der Waals surface area contributed by atoms with E-state index in [4.69, 9.17) is 5.11 Å². The summed E-state index contributed by atoms with van der Waals surface area (Å²) in [4.78, 5) is 22.4. The van der Waals surface area contributed by atoms with Gasteiger partial charge in [0.25, 0.3) is 5.91 Å². The van der Waals surface area contributed by atoms with Crippen LogP contribution in [0.2, 0.25) is 0 Å². The summed E-state index contributed by atoms with van der Waals surface area (Å²) in [6, 6.07) is 1.14. The molecule has 0 bridgehead atoms. The highest BCUT2D eigenvalue weighted by Crippen LogP contribution is 2.28. The van der Waals surface area contributed by atoms with Crippen LogP contribution >= 0.6 is 0 Å². The van der Waals surface area contributed by atoms with Crippen molar-refractivity contribution in [3.8, 4) is 0 Å². The summed E-state index contributed by atoms with van der Waals surface area (Å²) in [6.45, 7) is 2.81. The molecule has 0 saturated heterocycles. The van der Waals surface area contributed by atoms with Crippen LogP contribution in [-0.4, -0.2) is 28.7 Å². The summed E-state index contributed by atoms with van der Waals surface area (Å²) >= 11 is 0. The van der Waals surface area contributed by atoms with Gasteiger partial charge in [-0.25, -0.2) is 4.79 Å². The van der Waals surface area contributed by atoms with Gasteiger partial charge >= 0.3 is 5.97 Å². The van der Waals surface area contributed by atoms with Crippen molar-refractivity contribution in [2.45, 2.75) is 32.6 Å². The molecule has 1 aliphatic rings. The lowest BCUT2D eigenvalue weighted by Crippen LogP contribution is -2.33. The van der Waals surface area contributed by atoms with E-state index in [1.54, 1.807) is 0 Å². The van der Waals surface area contributed by atoms with Crippen molar-refractivity contribution < 1.29 is 19.2 Å². The van der Waals surface area contributed by atoms with Crippen LogP contribution in [0.25, 0.3) is 0 Å². The van der Waals surface area contributed by atoms with Gasteiger partial charge < -0.3 is 14.9 Å². The van der Waals surface area contributed by atoms with E-state index in [-0.39, 0.29) is 17.4 Å². The zero-order chi connectivity index (χ0) is 13.8. The van der Waals surface area contributed by atoms with Crippen LogP contribution < -0.4 is 5.32 Å². The molecule has 0 radical (unpaired) electrons. The van der Waals surface area contributed by atoms with Gasteiger partial charge in [-0.05, 0) is 18.3 Å². The third-order valence-corrected chi connectivity index (χ3v) is 3.77. The van der Waals surface area contributed by atoms with Gasteiger partial charge in [-0.2, -0.15) is 0 Å². The average Bonchev–Trinajstić information content (AvgIpc) is 2.87. The minimum atomic E-state index is -1.23. The number of hydrogen-bond donors (Lipinski definition) is 2. The molecule has 0 aliphatic heterocycles. The number of rotatable bonds is 4. The normalized spacial score (nSPS) is 23.0. The summed E-state index contributed by atoms with van der Waals surface area (Å²) in [5.41, 5.74) is 0.0147. The minimum absolute atomic E-state index is 0.0147. The molecule has 1 aromatic rings. The Morgan fingerprint density at radius 1 is 1.47 bits per heavy atom. The molecule has 1 amide bonds. The fourth-order valence-corrected chi connectivity index (χ4v) is 2.49. The number of carbonyl (C=O) groups excluding carboxylic acids is 1. The van der Waals surface area contributed by atoms with Crippen molar-refractivity contribution in [1.82, 2.24) is 10.5 Å². The van der Waals surface area contributed by atoms with Gasteiger partial charge in [-0.1, -0.05) is 31.3 Å². The fraction of sp³-hybridized carbons (Fsp3) is 0.615. The largest absolute Gasteiger partial charge is 0.475 e. The maximum Gasteiger partial charge on any atom is 0.374 e. The van der Waals surface area contributed by atoms with Gasteiger partial charge in [0, 0.05) is 12.6 Å². The number of hydrogen-bond acceptors (Lipinski definition) is 4. The number of carbonyl (C=O) groups is 2. The zero-order valence-electron chi connectivity index (χ0n) is 10.9. The number of aromatic nitrogens is 1. The summed E-state index contributed by atoms with van der Waals surface area (Å²) in [5, 5.41) is 14.9. The Morgan fingerprint density at radius 3 is 2.84 bits per heavy atom. The van der Waals surface area contributed by atoms with E-state index in [0.29, 0.717) is 18.4 Å². The van der Waals surface area contributed by atoms with Crippen molar-refractivity contribution in [2.24, 2.45) is 11.8 Å². The SMILES string of the molecule is CC1CCCCC1CNC(=O)c1cc(C(=O)O)on1. The molecular weight excluding hydrogens is 248 g/mol. The van der Waals surface area contributed by atoms with Crippen molar-refractivity contribution in [3.63, 3.8) is 0 Å². The lowest BCUT2D eigenvalue weighted by Gasteiger charge is -2.28. The first-order valence-corrected chi connectivity index (χ1v) is 6.56. The molecule has 1 heterocycles. The molecule has 2 unspecified atom stereocenters. The van der Waals surface area contributed by atoms with Gasteiger partial charge in [-0.15, -0.1) is 0 Å². The number of nitrogens with zero attached hydrogens (tertiary/aromatic N) is 1. The lowest BCUT2D eigenvalue weighted by molar-refractivity contribution is 0.0651. The Hall–Kier alpha value is -1.85. The van der Waals surface area contributed by atoms with Gasteiger partial charge in [0.2, 0.25) is 5.76 Å². The third-order valence-electron chi connectivity index (χ3n) is 3.77. The van der Waals surface area contributed by atoms with E-state index >= 15 is 0 Å². The van der Waals surface area contributed by atoms with Crippen molar-refractivity contribution in [3.05, 3.63) is 17.5 Å². The molecule has 1 aromatic heterocycles. The monoisotopic (exact) mass is 266 g/mol. The average molecular weight is 266 g/mol. The Balaban J connectivity index is 1.88. The minimum Gasteiger partial charge on any atom is -0.475 e. The number of carboxylic acid groups (broad SMARTS) is 1. The molecule has 2 atom stereocenters. The van der Waals surface area contributed by atoms with Crippen molar-refractivity contribution in [2.75, 3.05) is 6.54 Å². The second-order valence-corrected chi connectivity index (χ2v) is 5.11. The van der Waals surface area contributed by atoms with Crippen LogP contribution in [0, 0.1) is 11.8 Å².